The third kappa shape index (κ3) is 4.11. The highest BCUT2D eigenvalue weighted by Crippen LogP contribution is 2.19. The standard InChI is InChI=1S/C13H22N2O/c1-4-14-9-6-10-15(2)12-7-5-8-13(11-12)16-3/h5,7-8,11,14H,4,6,9-10H2,1-3H3. The summed E-state index contributed by atoms with van der Waals surface area (Å²) in [4.78, 5) is 2.25. The molecule has 0 atom stereocenters. The molecule has 0 saturated heterocycles. The maximum atomic E-state index is 5.21. The molecule has 1 aromatic rings. The number of nitrogens with zero attached hydrogens (tertiary/aromatic N) is 1. The molecule has 0 amide bonds. The summed E-state index contributed by atoms with van der Waals surface area (Å²) in [5, 5.41) is 3.33. The zero-order valence-electron chi connectivity index (χ0n) is 10.5. The van der Waals surface area contributed by atoms with Gasteiger partial charge in [0.15, 0.2) is 0 Å². The first-order chi connectivity index (χ1) is 7.77. The molecule has 1 N–H and O–H groups in total. The second-order valence-corrected chi connectivity index (χ2v) is 3.83. The van der Waals surface area contributed by atoms with Crippen LogP contribution >= 0.6 is 0 Å². The van der Waals surface area contributed by atoms with Gasteiger partial charge in [0.2, 0.25) is 0 Å². The molecular formula is C13H22N2O. The molecule has 0 aliphatic carbocycles. The number of methoxy groups -OCH3 is 1. The van der Waals surface area contributed by atoms with Crippen LogP contribution in [0.15, 0.2) is 24.3 Å². The second-order valence-electron chi connectivity index (χ2n) is 3.83. The molecule has 0 aromatic heterocycles. The van der Waals surface area contributed by atoms with Crippen LogP contribution in [0.5, 0.6) is 5.75 Å². The zero-order chi connectivity index (χ0) is 11.8. The van der Waals surface area contributed by atoms with Gasteiger partial charge in [-0.2, -0.15) is 0 Å². The third-order valence-electron chi connectivity index (χ3n) is 2.59. The van der Waals surface area contributed by atoms with Gasteiger partial charge < -0.3 is 15.0 Å². The van der Waals surface area contributed by atoms with Gasteiger partial charge in [0.05, 0.1) is 7.11 Å². The lowest BCUT2D eigenvalue weighted by Gasteiger charge is -2.19. The van der Waals surface area contributed by atoms with E-state index in [-0.39, 0.29) is 0 Å². The Morgan fingerprint density at radius 3 is 2.88 bits per heavy atom. The van der Waals surface area contributed by atoms with E-state index in [1.54, 1.807) is 7.11 Å². The van der Waals surface area contributed by atoms with Crippen molar-refractivity contribution in [2.75, 3.05) is 38.7 Å². The molecule has 0 unspecified atom stereocenters. The molecule has 0 aliphatic rings. The van der Waals surface area contributed by atoms with Gasteiger partial charge in [0.25, 0.3) is 0 Å². The van der Waals surface area contributed by atoms with Crippen LogP contribution in [0.4, 0.5) is 5.69 Å². The average Bonchev–Trinajstić information content (AvgIpc) is 2.34. The van der Waals surface area contributed by atoms with Crippen LogP contribution in [0.25, 0.3) is 0 Å². The van der Waals surface area contributed by atoms with E-state index in [1.807, 2.05) is 12.1 Å². The van der Waals surface area contributed by atoms with E-state index in [1.165, 1.54) is 5.69 Å². The van der Waals surface area contributed by atoms with Crippen molar-refractivity contribution in [2.24, 2.45) is 0 Å². The van der Waals surface area contributed by atoms with Crippen molar-refractivity contribution < 1.29 is 4.74 Å². The van der Waals surface area contributed by atoms with E-state index in [4.69, 9.17) is 4.74 Å². The van der Waals surface area contributed by atoms with Gasteiger partial charge in [-0.3, -0.25) is 0 Å². The number of hydrogen-bond acceptors (Lipinski definition) is 3. The Kier molecular flexibility index (Phi) is 5.72. The smallest absolute Gasteiger partial charge is 0.120 e. The topological polar surface area (TPSA) is 24.5 Å². The number of ether oxygens (including phenoxy) is 1. The summed E-state index contributed by atoms with van der Waals surface area (Å²) >= 11 is 0. The lowest BCUT2D eigenvalue weighted by Crippen LogP contribution is -2.23. The molecule has 0 spiro atoms. The highest BCUT2D eigenvalue weighted by atomic mass is 16.5. The van der Waals surface area contributed by atoms with Gasteiger partial charge in [0.1, 0.15) is 5.75 Å². The van der Waals surface area contributed by atoms with E-state index in [9.17, 15) is 0 Å². The van der Waals surface area contributed by atoms with E-state index in [2.05, 4.69) is 36.3 Å². The number of anilines is 1. The quantitative estimate of drug-likeness (QED) is 0.715. The fourth-order valence-corrected chi connectivity index (χ4v) is 1.60. The van der Waals surface area contributed by atoms with Gasteiger partial charge >= 0.3 is 0 Å². The Hall–Kier alpha value is -1.22. The SMILES string of the molecule is CCNCCCN(C)c1cccc(OC)c1. The van der Waals surface area contributed by atoms with Crippen LogP contribution in [0, 0.1) is 0 Å². The summed E-state index contributed by atoms with van der Waals surface area (Å²) in [6.45, 7) is 5.31. The minimum absolute atomic E-state index is 0.913. The molecule has 0 fully saturated rings. The molecule has 0 bridgehead atoms. The largest absolute Gasteiger partial charge is 0.497 e. The van der Waals surface area contributed by atoms with Crippen LogP contribution in [-0.2, 0) is 0 Å². The molecule has 16 heavy (non-hydrogen) atoms. The van der Waals surface area contributed by atoms with E-state index in [0.717, 1.165) is 31.8 Å². The monoisotopic (exact) mass is 222 g/mol. The lowest BCUT2D eigenvalue weighted by molar-refractivity contribution is 0.415. The van der Waals surface area contributed by atoms with Crippen molar-refractivity contribution in [3.8, 4) is 5.75 Å². The fraction of sp³-hybridized carbons (Fsp3) is 0.538. The van der Waals surface area contributed by atoms with Gasteiger partial charge in [-0.1, -0.05) is 13.0 Å². The number of benzene rings is 1. The summed E-state index contributed by atoms with van der Waals surface area (Å²) in [7, 11) is 3.81. The first-order valence-electron chi connectivity index (χ1n) is 5.84. The Labute approximate surface area is 98.4 Å². The summed E-state index contributed by atoms with van der Waals surface area (Å²) in [5.74, 6) is 0.913. The Balaban J connectivity index is 2.42. The van der Waals surface area contributed by atoms with Crippen molar-refractivity contribution in [3.05, 3.63) is 24.3 Å². The minimum atomic E-state index is 0.913. The maximum absolute atomic E-state index is 5.21. The summed E-state index contributed by atoms with van der Waals surface area (Å²) in [6, 6.07) is 8.16. The number of nitrogens with one attached hydrogen (secondary N) is 1. The highest BCUT2D eigenvalue weighted by Gasteiger charge is 2.01. The first-order valence-corrected chi connectivity index (χ1v) is 5.84. The van der Waals surface area contributed by atoms with Gasteiger partial charge in [-0.25, -0.2) is 0 Å². The predicted molar refractivity (Wildman–Crippen MR) is 69.4 cm³/mol. The molecule has 0 aliphatic heterocycles. The Morgan fingerprint density at radius 1 is 1.38 bits per heavy atom. The number of hydrogen-bond donors (Lipinski definition) is 1. The molecule has 3 heteroatoms. The molecule has 90 valence electrons. The Morgan fingerprint density at radius 2 is 2.19 bits per heavy atom. The first kappa shape index (κ1) is 12.8. The van der Waals surface area contributed by atoms with Crippen LogP contribution in [0.3, 0.4) is 0 Å². The van der Waals surface area contributed by atoms with Crippen molar-refractivity contribution in [2.45, 2.75) is 13.3 Å². The zero-order valence-corrected chi connectivity index (χ0v) is 10.5. The van der Waals surface area contributed by atoms with Crippen LogP contribution in [-0.4, -0.2) is 33.8 Å². The average molecular weight is 222 g/mol. The van der Waals surface area contributed by atoms with Gasteiger partial charge in [-0.05, 0) is 31.6 Å². The summed E-state index contributed by atoms with van der Waals surface area (Å²) in [6.07, 6.45) is 1.15. The minimum Gasteiger partial charge on any atom is -0.497 e. The molecule has 3 nitrogen and oxygen atoms in total. The fourth-order valence-electron chi connectivity index (χ4n) is 1.60. The highest BCUT2D eigenvalue weighted by molar-refractivity contribution is 5.49. The third-order valence-corrected chi connectivity index (χ3v) is 2.59. The van der Waals surface area contributed by atoms with Crippen molar-refractivity contribution in [1.82, 2.24) is 5.32 Å². The normalized spacial score (nSPS) is 10.2. The molecular weight excluding hydrogens is 200 g/mol. The van der Waals surface area contributed by atoms with Crippen molar-refractivity contribution >= 4 is 5.69 Å². The van der Waals surface area contributed by atoms with Crippen molar-refractivity contribution in [3.63, 3.8) is 0 Å². The Bertz CT molecular complexity index is 302. The van der Waals surface area contributed by atoms with Gasteiger partial charge in [-0.15, -0.1) is 0 Å². The summed E-state index contributed by atoms with van der Waals surface area (Å²) in [5.41, 5.74) is 1.20. The van der Waals surface area contributed by atoms with E-state index >= 15 is 0 Å². The van der Waals surface area contributed by atoms with Crippen LogP contribution in [0.1, 0.15) is 13.3 Å². The molecule has 1 rings (SSSR count). The molecule has 0 radical (unpaired) electrons. The molecule has 0 heterocycles. The van der Waals surface area contributed by atoms with E-state index < -0.39 is 0 Å². The lowest BCUT2D eigenvalue weighted by atomic mass is 10.2. The van der Waals surface area contributed by atoms with Crippen LogP contribution in [0.2, 0.25) is 0 Å². The van der Waals surface area contributed by atoms with Crippen LogP contribution < -0.4 is 15.0 Å². The maximum Gasteiger partial charge on any atom is 0.120 e. The van der Waals surface area contributed by atoms with E-state index in [0.29, 0.717) is 0 Å². The second kappa shape index (κ2) is 7.12. The van der Waals surface area contributed by atoms with Gasteiger partial charge in [0, 0.05) is 25.3 Å². The molecule has 0 saturated carbocycles. The summed E-state index contributed by atoms with van der Waals surface area (Å²) < 4.78 is 5.21. The van der Waals surface area contributed by atoms with Crippen molar-refractivity contribution in [1.29, 1.82) is 0 Å². The molecule has 1 aromatic carbocycles. The number of rotatable bonds is 7. The predicted octanol–water partition coefficient (Wildman–Crippen LogP) is 2.13.